The molecule has 0 aliphatic carbocycles. The second-order valence-electron chi connectivity index (χ2n) is 4.11. The van der Waals surface area contributed by atoms with E-state index < -0.39 is 29.0 Å². The Hall–Kier alpha value is -1.30. The molecule has 0 N–H and O–H groups in total. The molecule has 17 heavy (non-hydrogen) atoms. The zero-order chi connectivity index (χ0) is 12.6. The lowest BCUT2D eigenvalue weighted by Gasteiger charge is -2.34. The third kappa shape index (κ3) is 2.22. The molecule has 0 aromatic heterocycles. The number of hydrogen-bond donors (Lipinski definition) is 0. The van der Waals surface area contributed by atoms with Gasteiger partial charge >= 0.3 is 0 Å². The van der Waals surface area contributed by atoms with Crippen LogP contribution in [-0.4, -0.2) is 38.1 Å². The zero-order valence-electron chi connectivity index (χ0n) is 9.31. The van der Waals surface area contributed by atoms with E-state index in [0.29, 0.717) is 26.2 Å². The van der Waals surface area contributed by atoms with Crippen molar-refractivity contribution in [3.05, 3.63) is 29.3 Å². The van der Waals surface area contributed by atoms with Crippen LogP contribution >= 0.6 is 0 Å². The maximum atomic E-state index is 13.5. The van der Waals surface area contributed by atoms with Crippen LogP contribution in [0.4, 0.5) is 23.2 Å². The topological polar surface area (TPSA) is 6.48 Å². The molecule has 0 saturated carbocycles. The summed E-state index contributed by atoms with van der Waals surface area (Å²) in [4.78, 5) is 3.30. The molecule has 0 unspecified atom stereocenters. The molecule has 1 aromatic rings. The van der Waals surface area contributed by atoms with E-state index in [2.05, 4.69) is 0 Å². The molecule has 1 heterocycles. The van der Waals surface area contributed by atoms with E-state index in [1.54, 1.807) is 0 Å². The van der Waals surface area contributed by atoms with Gasteiger partial charge < -0.3 is 9.80 Å². The van der Waals surface area contributed by atoms with Gasteiger partial charge in [-0.05, 0) is 7.05 Å². The molecule has 1 aromatic carbocycles. The van der Waals surface area contributed by atoms with Gasteiger partial charge in [0, 0.05) is 32.2 Å². The zero-order valence-corrected chi connectivity index (χ0v) is 9.31. The van der Waals surface area contributed by atoms with E-state index in [0.717, 1.165) is 0 Å². The van der Waals surface area contributed by atoms with E-state index in [4.69, 9.17) is 0 Å². The molecule has 1 aliphatic rings. The average Bonchev–Trinajstić information content (AvgIpc) is 2.29. The Morgan fingerprint density at radius 1 is 0.882 bits per heavy atom. The first-order valence-corrected chi connectivity index (χ1v) is 5.27. The summed E-state index contributed by atoms with van der Waals surface area (Å²) in [5.41, 5.74) is -0.601. The Kier molecular flexibility index (Phi) is 3.24. The van der Waals surface area contributed by atoms with Crippen LogP contribution in [0.25, 0.3) is 0 Å². The maximum absolute atomic E-state index is 13.5. The lowest BCUT2D eigenvalue weighted by Crippen LogP contribution is -2.45. The lowest BCUT2D eigenvalue weighted by atomic mass is 10.2. The molecule has 94 valence electrons. The quantitative estimate of drug-likeness (QED) is 0.554. The van der Waals surface area contributed by atoms with E-state index in [-0.39, 0.29) is 6.07 Å². The summed E-state index contributed by atoms with van der Waals surface area (Å²) in [7, 11) is 1.87. The van der Waals surface area contributed by atoms with Crippen molar-refractivity contribution in [1.82, 2.24) is 4.90 Å². The molecule has 2 rings (SSSR count). The number of rotatable bonds is 1. The first-order valence-electron chi connectivity index (χ1n) is 5.27. The van der Waals surface area contributed by atoms with Crippen LogP contribution in [0.5, 0.6) is 0 Å². The highest BCUT2D eigenvalue weighted by atomic mass is 19.2. The van der Waals surface area contributed by atoms with Crippen LogP contribution in [0.15, 0.2) is 6.07 Å². The second-order valence-corrected chi connectivity index (χ2v) is 4.11. The number of hydrogen-bond acceptors (Lipinski definition) is 2. The standard InChI is InChI=1S/C11H12F4N2/c1-16-2-4-17(5-3-16)11-9(14)7(12)6-8(13)10(11)15/h6H,2-5H2,1H3. The largest absolute Gasteiger partial charge is 0.364 e. The monoisotopic (exact) mass is 248 g/mol. The third-order valence-corrected chi connectivity index (χ3v) is 2.91. The van der Waals surface area contributed by atoms with Gasteiger partial charge in [-0.2, -0.15) is 0 Å². The van der Waals surface area contributed by atoms with Crippen molar-refractivity contribution in [3.8, 4) is 0 Å². The minimum Gasteiger partial charge on any atom is -0.364 e. The number of anilines is 1. The molecule has 6 heteroatoms. The molecule has 1 aliphatic heterocycles. The predicted octanol–water partition coefficient (Wildman–Crippen LogP) is 1.99. The summed E-state index contributed by atoms with van der Waals surface area (Å²) < 4.78 is 53.0. The van der Waals surface area contributed by atoms with Crippen LogP contribution in [0.2, 0.25) is 0 Å². The average molecular weight is 248 g/mol. The Labute approximate surface area is 96.4 Å². The molecule has 1 fully saturated rings. The van der Waals surface area contributed by atoms with Gasteiger partial charge in [0.1, 0.15) is 5.69 Å². The van der Waals surface area contributed by atoms with Crippen molar-refractivity contribution in [2.24, 2.45) is 0 Å². The maximum Gasteiger partial charge on any atom is 0.185 e. The molecule has 0 atom stereocenters. The summed E-state index contributed by atoms with van der Waals surface area (Å²) >= 11 is 0. The highest BCUT2D eigenvalue weighted by molar-refractivity contribution is 5.50. The molecule has 0 radical (unpaired) electrons. The molecular weight excluding hydrogens is 236 g/mol. The fraction of sp³-hybridized carbons (Fsp3) is 0.455. The smallest absolute Gasteiger partial charge is 0.185 e. The lowest BCUT2D eigenvalue weighted by molar-refractivity contribution is 0.309. The molecule has 2 nitrogen and oxygen atoms in total. The Bertz CT molecular complexity index is 402. The van der Waals surface area contributed by atoms with Gasteiger partial charge in [-0.1, -0.05) is 0 Å². The fourth-order valence-electron chi connectivity index (χ4n) is 1.87. The highest BCUT2D eigenvalue weighted by Crippen LogP contribution is 2.28. The normalized spacial score (nSPS) is 17.6. The number of halogens is 4. The van der Waals surface area contributed by atoms with E-state index in [1.165, 1.54) is 4.90 Å². The number of likely N-dealkylation sites (N-methyl/N-ethyl adjacent to an activating group) is 1. The summed E-state index contributed by atoms with van der Waals surface area (Å²) in [6.45, 7) is 1.87. The molecule has 0 amide bonds. The Morgan fingerprint density at radius 3 is 1.82 bits per heavy atom. The minimum absolute atomic E-state index is 0.226. The van der Waals surface area contributed by atoms with Crippen molar-refractivity contribution in [3.63, 3.8) is 0 Å². The molecular formula is C11H12F4N2. The van der Waals surface area contributed by atoms with E-state index in [1.807, 2.05) is 11.9 Å². The van der Waals surface area contributed by atoms with Gasteiger partial charge in [0.15, 0.2) is 23.3 Å². The fourth-order valence-corrected chi connectivity index (χ4v) is 1.87. The SMILES string of the molecule is CN1CCN(c2c(F)c(F)cc(F)c2F)CC1. The summed E-state index contributed by atoms with van der Waals surface area (Å²) in [5, 5.41) is 0. The summed E-state index contributed by atoms with van der Waals surface area (Å²) in [6.07, 6.45) is 0. The van der Waals surface area contributed by atoms with Crippen molar-refractivity contribution in [1.29, 1.82) is 0 Å². The number of nitrogens with zero attached hydrogens (tertiary/aromatic N) is 2. The number of benzene rings is 1. The van der Waals surface area contributed by atoms with Gasteiger partial charge in [0.25, 0.3) is 0 Å². The van der Waals surface area contributed by atoms with Gasteiger partial charge in [0.05, 0.1) is 0 Å². The van der Waals surface area contributed by atoms with Crippen LogP contribution in [0.3, 0.4) is 0 Å². The first-order chi connectivity index (χ1) is 8.00. The predicted molar refractivity (Wildman–Crippen MR) is 56.0 cm³/mol. The third-order valence-electron chi connectivity index (χ3n) is 2.91. The Balaban J connectivity index is 2.37. The van der Waals surface area contributed by atoms with Gasteiger partial charge in [-0.25, -0.2) is 17.6 Å². The van der Waals surface area contributed by atoms with Crippen LogP contribution in [0, 0.1) is 23.3 Å². The summed E-state index contributed by atoms with van der Waals surface area (Å²) in [6, 6.07) is 0.226. The van der Waals surface area contributed by atoms with Crippen LogP contribution in [-0.2, 0) is 0 Å². The minimum atomic E-state index is -1.36. The van der Waals surface area contributed by atoms with Crippen LogP contribution < -0.4 is 4.90 Å². The number of piperazine rings is 1. The molecule has 0 bridgehead atoms. The van der Waals surface area contributed by atoms with Crippen molar-refractivity contribution in [2.75, 3.05) is 38.1 Å². The van der Waals surface area contributed by atoms with Crippen LogP contribution in [0.1, 0.15) is 0 Å². The Morgan fingerprint density at radius 2 is 1.35 bits per heavy atom. The second kappa shape index (κ2) is 4.52. The first kappa shape index (κ1) is 12.2. The van der Waals surface area contributed by atoms with Crippen molar-refractivity contribution in [2.45, 2.75) is 0 Å². The van der Waals surface area contributed by atoms with Gasteiger partial charge in [-0.15, -0.1) is 0 Å². The van der Waals surface area contributed by atoms with E-state index in [9.17, 15) is 17.6 Å². The van der Waals surface area contributed by atoms with Gasteiger partial charge in [-0.3, -0.25) is 0 Å². The van der Waals surface area contributed by atoms with Gasteiger partial charge in [0.2, 0.25) is 0 Å². The van der Waals surface area contributed by atoms with Crippen molar-refractivity contribution >= 4 is 5.69 Å². The van der Waals surface area contributed by atoms with Crippen molar-refractivity contribution < 1.29 is 17.6 Å². The summed E-state index contributed by atoms with van der Waals surface area (Å²) in [5.74, 6) is -5.38. The van der Waals surface area contributed by atoms with E-state index >= 15 is 0 Å². The molecule has 1 saturated heterocycles. The molecule has 0 spiro atoms. The highest BCUT2D eigenvalue weighted by Gasteiger charge is 2.25.